The van der Waals surface area contributed by atoms with Gasteiger partial charge in [0.15, 0.2) is 11.6 Å². The first-order chi connectivity index (χ1) is 23.1. The molecule has 0 N–H and O–H groups in total. The second kappa shape index (κ2) is 15.7. The van der Waals surface area contributed by atoms with E-state index in [0.29, 0.717) is 29.6 Å². The van der Waals surface area contributed by atoms with Crippen LogP contribution in [0.2, 0.25) is 0 Å². The summed E-state index contributed by atoms with van der Waals surface area (Å²) in [5.41, 5.74) is -0.0844. The van der Waals surface area contributed by atoms with Crippen molar-refractivity contribution in [3.05, 3.63) is 94.0 Å². The summed E-state index contributed by atoms with van der Waals surface area (Å²) < 4.78 is 56.9. The van der Waals surface area contributed by atoms with Crippen molar-refractivity contribution < 1.29 is 31.9 Å². The number of benzene rings is 3. The molecule has 0 spiro atoms. The highest BCUT2D eigenvalue weighted by Gasteiger charge is 2.25. The summed E-state index contributed by atoms with van der Waals surface area (Å²) >= 11 is 0. The number of likely N-dealkylation sites (tertiary alicyclic amines) is 1. The molecule has 4 aromatic rings. The Morgan fingerprint density at radius 1 is 0.896 bits per heavy atom. The number of ether oxygens (including phenoxy) is 2. The minimum atomic E-state index is -0.850. The molecule has 256 valence electrons. The molecule has 1 aliphatic heterocycles. The predicted octanol–water partition coefficient (Wildman–Crippen LogP) is 8.04. The third-order valence-corrected chi connectivity index (χ3v) is 9.35. The SMILES string of the molecule is CCN(C(=O)c1cn(-c2ccc(OC)c(F)c2)c2cc(OCCCCCCC[N+]3(C)CCCCC3)ccc2c1=O)c1cc(F)cc(F)c1. The highest BCUT2D eigenvalue weighted by Crippen LogP contribution is 2.27. The number of hydrogen-bond donors (Lipinski definition) is 0. The standard InChI is InChI=1S/C38H45F3N3O4/c1-4-42(30-22-27(39)21-28(40)23-30)38(46)33-26-43(29-13-16-36(47-3)34(41)24-29)35-25-31(14-15-32(35)37(33)45)48-20-12-7-5-6-9-17-44(2)18-10-8-11-19-44/h13-16,21-26H,4-12,17-20H2,1-3H3/q+1. The number of unbranched alkanes of at least 4 members (excludes halogenated alkanes) is 4. The molecule has 1 fully saturated rings. The first-order valence-corrected chi connectivity index (χ1v) is 16.9. The maximum atomic E-state index is 14.9. The van der Waals surface area contributed by atoms with Crippen molar-refractivity contribution in [2.75, 3.05) is 51.8 Å². The van der Waals surface area contributed by atoms with Crippen molar-refractivity contribution >= 4 is 22.5 Å². The number of anilines is 1. The molecule has 0 radical (unpaired) electrons. The van der Waals surface area contributed by atoms with Crippen LogP contribution in [0.4, 0.5) is 18.9 Å². The van der Waals surface area contributed by atoms with Crippen molar-refractivity contribution in [2.45, 2.75) is 58.3 Å². The Balaban J connectivity index is 1.36. The molecule has 5 rings (SSSR count). The molecule has 1 aromatic heterocycles. The zero-order chi connectivity index (χ0) is 34.3. The van der Waals surface area contributed by atoms with Crippen LogP contribution in [0.15, 0.2) is 65.6 Å². The van der Waals surface area contributed by atoms with Crippen LogP contribution in [-0.4, -0.2) is 61.9 Å². The fourth-order valence-corrected chi connectivity index (χ4v) is 6.67. The van der Waals surface area contributed by atoms with Crippen LogP contribution in [-0.2, 0) is 0 Å². The summed E-state index contributed by atoms with van der Waals surface area (Å²) in [4.78, 5) is 28.7. The van der Waals surface area contributed by atoms with Crippen LogP contribution < -0.4 is 19.8 Å². The fraction of sp³-hybridized carbons (Fsp3) is 0.421. The van der Waals surface area contributed by atoms with E-state index in [9.17, 15) is 22.8 Å². The first kappa shape index (κ1) is 35.0. The van der Waals surface area contributed by atoms with Gasteiger partial charge < -0.3 is 23.4 Å². The van der Waals surface area contributed by atoms with Gasteiger partial charge in [0.1, 0.15) is 22.9 Å². The van der Waals surface area contributed by atoms with Crippen molar-refractivity contribution in [1.82, 2.24) is 4.57 Å². The summed E-state index contributed by atoms with van der Waals surface area (Å²) in [6.07, 6.45) is 10.9. The third kappa shape index (κ3) is 8.21. The molecule has 1 saturated heterocycles. The molecular formula is C38H45F3N3O4+. The Kier molecular flexibility index (Phi) is 11.5. The highest BCUT2D eigenvalue weighted by molar-refractivity contribution is 6.07. The molecule has 7 nitrogen and oxygen atoms in total. The van der Waals surface area contributed by atoms with Gasteiger partial charge in [-0.2, -0.15) is 0 Å². The minimum absolute atomic E-state index is 0.0250. The van der Waals surface area contributed by atoms with Gasteiger partial charge in [-0.25, -0.2) is 13.2 Å². The molecule has 0 bridgehead atoms. The van der Waals surface area contributed by atoms with E-state index in [1.165, 1.54) is 81.7 Å². The van der Waals surface area contributed by atoms with E-state index < -0.39 is 28.8 Å². The fourth-order valence-electron chi connectivity index (χ4n) is 6.67. The summed E-state index contributed by atoms with van der Waals surface area (Å²) in [6, 6.07) is 12.1. The van der Waals surface area contributed by atoms with E-state index in [1.54, 1.807) is 35.8 Å². The Bertz CT molecular complexity index is 1780. The number of carbonyl (C=O) groups is 1. The number of carbonyl (C=O) groups excluding carboxylic acids is 1. The van der Waals surface area contributed by atoms with E-state index in [1.807, 2.05) is 0 Å². The number of pyridine rings is 1. The average molecular weight is 665 g/mol. The van der Waals surface area contributed by atoms with Gasteiger partial charge in [0.2, 0.25) is 5.43 Å². The maximum absolute atomic E-state index is 14.9. The zero-order valence-corrected chi connectivity index (χ0v) is 28.1. The summed E-state index contributed by atoms with van der Waals surface area (Å²) in [7, 11) is 3.74. The van der Waals surface area contributed by atoms with E-state index in [4.69, 9.17) is 9.47 Å². The topological polar surface area (TPSA) is 60.8 Å². The van der Waals surface area contributed by atoms with Crippen molar-refractivity contribution in [2.24, 2.45) is 0 Å². The number of amides is 1. The average Bonchev–Trinajstić information content (AvgIpc) is 3.06. The van der Waals surface area contributed by atoms with Gasteiger partial charge in [-0.1, -0.05) is 12.8 Å². The number of fused-ring (bicyclic) bond motifs is 1. The minimum Gasteiger partial charge on any atom is -0.494 e. The van der Waals surface area contributed by atoms with Crippen LogP contribution in [0, 0.1) is 17.5 Å². The lowest BCUT2D eigenvalue weighted by molar-refractivity contribution is -0.914. The number of hydrogen-bond acceptors (Lipinski definition) is 4. The van der Waals surface area contributed by atoms with Crippen molar-refractivity contribution in [1.29, 1.82) is 0 Å². The van der Waals surface area contributed by atoms with Crippen LogP contribution in [0.25, 0.3) is 16.6 Å². The monoisotopic (exact) mass is 664 g/mol. The van der Waals surface area contributed by atoms with Gasteiger partial charge in [-0.05, 0) is 81.8 Å². The number of halogens is 3. The Hall–Kier alpha value is -4.31. The molecule has 0 saturated carbocycles. The molecular weight excluding hydrogens is 619 g/mol. The maximum Gasteiger partial charge on any atom is 0.263 e. The van der Waals surface area contributed by atoms with E-state index in [-0.39, 0.29) is 28.9 Å². The van der Waals surface area contributed by atoms with Crippen LogP contribution >= 0.6 is 0 Å². The normalized spacial score (nSPS) is 14.2. The van der Waals surface area contributed by atoms with Crippen LogP contribution in [0.5, 0.6) is 11.5 Å². The molecule has 3 aromatic carbocycles. The molecule has 1 aliphatic rings. The highest BCUT2D eigenvalue weighted by atomic mass is 19.1. The molecule has 10 heteroatoms. The zero-order valence-electron chi connectivity index (χ0n) is 28.1. The van der Waals surface area contributed by atoms with Crippen molar-refractivity contribution in [3.63, 3.8) is 0 Å². The number of piperidine rings is 1. The number of nitrogens with zero attached hydrogens (tertiary/aromatic N) is 3. The van der Waals surface area contributed by atoms with Gasteiger partial charge in [-0.15, -0.1) is 0 Å². The van der Waals surface area contributed by atoms with Gasteiger partial charge >= 0.3 is 0 Å². The summed E-state index contributed by atoms with van der Waals surface area (Å²) in [5.74, 6) is -2.49. The Labute approximate surface area is 280 Å². The van der Waals surface area contributed by atoms with Crippen LogP contribution in [0.1, 0.15) is 68.6 Å². The summed E-state index contributed by atoms with van der Waals surface area (Å²) in [5, 5.41) is 0.205. The third-order valence-electron chi connectivity index (χ3n) is 9.35. The molecule has 0 aliphatic carbocycles. The predicted molar refractivity (Wildman–Crippen MR) is 183 cm³/mol. The van der Waals surface area contributed by atoms with E-state index in [2.05, 4.69) is 7.05 Å². The number of quaternary nitrogens is 1. The molecule has 0 unspecified atom stereocenters. The lowest BCUT2D eigenvalue weighted by Crippen LogP contribution is -2.48. The van der Waals surface area contributed by atoms with Crippen molar-refractivity contribution in [3.8, 4) is 17.2 Å². The van der Waals surface area contributed by atoms with E-state index in [0.717, 1.165) is 36.3 Å². The van der Waals surface area contributed by atoms with Gasteiger partial charge in [-0.3, -0.25) is 9.59 Å². The quantitative estimate of drug-likeness (QED) is 0.101. The first-order valence-electron chi connectivity index (χ1n) is 16.9. The number of methoxy groups -OCH3 is 1. The smallest absolute Gasteiger partial charge is 0.263 e. The molecule has 48 heavy (non-hydrogen) atoms. The molecule has 2 heterocycles. The lowest BCUT2D eigenvalue weighted by Gasteiger charge is -2.37. The lowest BCUT2D eigenvalue weighted by atomic mass is 10.1. The molecule has 1 amide bonds. The largest absolute Gasteiger partial charge is 0.494 e. The molecule has 0 atom stereocenters. The van der Waals surface area contributed by atoms with E-state index >= 15 is 0 Å². The number of rotatable bonds is 14. The Morgan fingerprint density at radius 3 is 2.29 bits per heavy atom. The second-order valence-corrected chi connectivity index (χ2v) is 12.9. The Morgan fingerprint density at radius 2 is 1.60 bits per heavy atom. The number of aromatic nitrogens is 1. The van der Waals surface area contributed by atoms with Gasteiger partial charge in [0, 0.05) is 47.7 Å². The van der Waals surface area contributed by atoms with Crippen LogP contribution in [0.3, 0.4) is 0 Å². The second-order valence-electron chi connectivity index (χ2n) is 12.9. The van der Waals surface area contributed by atoms with Gasteiger partial charge in [0.25, 0.3) is 5.91 Å². The van der Waals surface area contributed by atoms with Gasteiger partial charge in [0.05, 0.1) is 45.9 Å². The summed E-state index contributed by atoms with van der Waals surface area (Å²) in [6.45, 7) is 6.03.